The first-order valence-corrected chi connectivity index (χ1v) is 8.26. The largest absolute Gasteiger partial charge is 0.308 e. The Morgan fingerprint density at radius 2 is 2.10 bits per heavy atom. The summed E-state index contributed by atoms with van der Waals surface area (Å²) < 4.78 is 2.67. The molecular formula is C15H24BrN3O. The molecule has 112 valence electrons. The summed E-state index contributed by atoms with van der Waals surface area (Å²) in [6.07, 6.45) is 8.70. The van der Waals surface area contributed by atoms with Crippen molar-refractivity contribution in [1.29, 1.82) is 0 Å². The van der Waals surface area contributed by atoms with Crippen LogP contribution < -0.4 is 0 Å². The molecule has 0 aliphatic heterocycles. The summed E-state index contributed by atoms with van der Waals surface area (Å²) in [5.41, 5.74) is 0.748. The van der Waals surface area contributed by atoms with Crippen molar-refractivity contribution in [1.82, 2.24) is 14.7 Å². The Bertz CT molecular complexity index is 450. The molecular weight excluding hydrogens is 318 g/mol. The van der Waals surface area contributed by atoms with Crippen molar-refractivity contribution in [2.45, 2.75) is 45.1 Å². The standard InChI is InChI=1S/C15H24BrN3O/c1-18(2)8-9-19-15(13(16)11-17-19)14(20)10-12-6-4-3-5-7-12/h11-12H,3-10H2,1-2H3. The van der Waals surface area contributed by atoms with Gasteiger partial charge in [0, 0.05) is 13.0 Å². The van der Waals surface area contributed by atoms with Gasteiger partial charge in [-0.05, 0) is 35.9 Å². The van der Waals surface area contributed by atoms with Gasteiger partial charge in [0.25, 0.3) is 0 Å². The fourth-order valence-corrected chi connectivity index (χ4v) is 3.37. The van der Waals surface area contributed by atoms with E-state index in [0.29, 0.717) is 12.3 Å². The van der Waals surface area contributed by atoms with Crippen LogP contribution in [-0.2, 0) is 6.54 Å². The van der Waals surface area contributed by atoms with Crippen LogP contribution in [0.15, 0.2) is 10.7 Å². The predicted molar refractivity (Wildman–Crippen MR) is 84.0 cm³/mol. The third kappa shape index (κ3) is 4.16. The molecule has 5 heteroatoms. The van der Waals surface area contributed by atoms with Gasteiger partial charge in [0.2, 0.25) is 0 Å². The summed E-state index contributed by atoms with van der Waals surface area (Å²) in [7, 11) is 4.06. The highest BCUT2D eigenvalue weighted by molar-refractivity contribution is 9.10. The molecule has 1 saturated carbocycles. The molecule has 1 aliphatic carbocycles. The highest BCUT2D eigenvalue weighted by atomic mass is 79.9. The SMILES string of the molecule is CN(C)CCn1ncc(Br)c1C(=O)CC1CCCCC1. The van der Waals surface area contributed by atoms with Gasteiger partial charge >= 0.3 is 0 Å². The van der Waals surface area contributed by atoms with Gasteiger partial charge in [-0.15, -0.1) is 0 Å². The minimum absolute atomic E-state index is 0.236. The van der Waals surface area contributed by atoms with Crippen LogP contribution in [0, 0.1) is 5.92 Å². The summed E-state index contributed by atoms with van der Waals surface area (Å²) in [6, 6.07) is 0. The van der Waals surface area contributed by atoms with E-state index in [1.807, 2.05) is 18.8 Å². The zero-order valence-electron chi connectivity index (χ0n) is 12.4. The minimum atomic E-state index is 0.236. The van der Waals surface area contributed by atoms with Crippen molar-refractivity contribution in [2.24, 2.45) is 5.92 Å². The molecule has 1 aliphatic rings. The number of Topliss-reactive ketones (excluding diaryl/α,β-unsaturated/α-hetero) is 1. The molecule has 1 aromatic rings. The zero-order valence-corrected chi connectivity index (χ0v) is 14.0. The number of rotatable bonds is 6. The van der Waals surface area contributed by atoms with E-state index in [4.69, 9.17) is 0 Å². The first-order chi connectivity index (χ1) is 9.58. The maximum atomic E-state index is 12.6. The lowest BCUT2D eigenvalue weighted by atomic mass is 9.85. The Balaban J connectivity index is 2.02. The van der Waals surface area contributed by atoms with Crippen LogP contribution in [-0.4, -0.2) is 41.1 Å². The molecule has 0 spiro atoms. The normalized spacial score (nSPS) is 16.8. The van der Waals surface area contributed by atoms with E-state index in [9.17, 15) is 4.79 Å². The number of nitrogens with zero attached hydrogens (tertiary/aromatic N) is 3. The van der Waals surface area contributed by atoms with Crippen molar-refractivity contribution >= 4 is 21.7 Å². The monoisotopic (exact) mass is 341 g/mol. The minimum Gasteiger partial charge on any atom is -0.308 e. The van der Waals surface area contributed by atoms with Gasteiger partial charge in [-0.3, -0.25) is 9.48 Å². The smallest absolute Gasteiger partial charge is 0.182 e. The van der Waals surface area contributed by atoms with Crippen molar-refractivity contribution in [3.05, 3.63) is 16.4 Å². The lowest BCUT2D eigenvalue weighted by Gasteiger charge is -2.21. The molecule has 0 saturated heterocycles. The maximum Gasteiger partial charge on any atom is 0.182 e. The number of hydrogen-bond donors (Lipinski definition) is 0. The Labute approximate surface area is 129 Å². The van der Waals surface area contributed by atoms with Crippen LogP contribution in [0.5, 0.6) is 0 Å². The van der Waals surface area contributed by atoms with E-state index >= 15 is 0 Å². The van der Waals surface area contributed by atoms with Gasteiger partial charge in [-0.25, -0.2) is 0 Å². The highest BCUT2D eigenvalue weighted by Gasteiger charge is 2.22. The third-order valence-electron chi connectivity index (χ3n) is 4.02. The van der Waals surface area contributed by atoms with Crippen LogP contribution >= 0.6 is 15.9 Å². The van der Waals surface area contributed by atoms with Crippen LogP contribution in [0.1, 0.15) is 49.0 Å². The Morgan fingerprint density at radius 1 is 1.40 bits per heavy atom. The molecule has 0 N–H and O–H groups in total. The van der Waals surface area contributed by atoms with Crippen LogP contribution in [0.3, 0.4) is 0 Å². The van der Waals surface area contributed by atoms with Crippen molar-refractivity contribution in [3.8, 4) is 0 Å². The molecule has 0 bridgehead atoms. The number of likely N-dealkylation sites (N-methyl/N-ethyl adjacent to an activating group) is 1. The average Bonchev–Trinajstić information content (AvgIpc) is 2.78. The molecule has 20 heavy (non-hydrogen) atoms. The first kappa shape index (κ1) is 15.7. The summed E-state index contributed by atoms with van der Waals surface area (Å²) in [5, 5.41) is 4.32. The lowest BCUT2D eigenvalue weighted by molar-refractivity contribution is 0.0938. The second-order valence-corrected chi connectivity index (χ2v) is 6.85. The van der Waals surface area contributed by atoms with Gasteiger partial charge in [0.15, 0.2) is 5.78 Å². The summed E-state index contributed by atoms with van der Waals surface area (Å²) in [6.45, 7) is 1.64. The van der Waals surface area contributed by atoms with E-state index in [0.717, 1.165) is 23.3 Å². The fraction of sp³-hybridized carbons (Fsp3) is 0.733. The predicted octanol–water partition coefficient (Wildman–Crippen LogP) is 3.36. The number of halogens is 1. The molecule has 2 rings (SSSR count). The molecule has 0 aromatic carbocycles. The van der Waals surface area contributed by atoms with Crippen LogP contribution in [0.4, 0.5) is 0 Å². The topological polar surface area (TPSA) is 38.1 Å². The first-order valence-electron chi connectivity index (χ1n) is 7.47. The van der Waals surface area contributed by atoms with E-state index < -0.39 is 0 Å². The van der Waals surface area contributed by atoms with Gasteiger partial charge in [0.1, 0.15) is 5.69 Å². The maximum absolute atomic E-state index is 12.6. The summed E-state index contributed by atoms with van der Waals surface area (Å²) in [4.78, 5) is 14.7. The highest BCUT2D eigenvalue weighted by Crippen LogP contribution is 2.28. The molecule has 1 heterocycles. The number of ketones is 1. The molecule has 1 aromatic heterocycles. The van der Waals surface area contributed by atoms with Gasteiger partial charge in [0.05, 0.1) is 17.2 Å². The Kier molecular flexibility index (Phi) is 5.78. The number of carbonyl (C=O) groups excluding carboxylic acids is 1. The lowest BCUT2D eigenvalue weighted by Crippen LogP contribution is -2.22. The van der Waals surface area contributed by atoms with E-state index in [1.54, 1.807) is 6.20 Å². The van der Waals surface area contributed by atoms with Crippen molar-refractivity contribution in [3.63, 3.8) is 0 Å². The molecule has 0 amide bonds. The van der Waals surface area contributed by atoms with Crippen molar-refractivity contribution in [2.75, 3.05) is 20.6 Å². The molecule has 4 nitrogen and oxygen atoms in total. The fourth-order valence-electron chi connectivity index (χ4n) is 2.85. The van der Waals surface area contributed by atoms with Crippen LogP contribution in [0.25, 0.3) is 0 Å². The van der Waals surface area contributed by atoms with Crippen LogP contribution in [0.2, 0.25) is 0 Å². The van der Waals surface area contributed by atoms with E-state index in [1.165, 1.54) is 32.1 Å². The summed E-state index contributed by atoms with van der Waals surface area (Å²) >= 11 is 3.47. The Hall–Kier alpha value is -0.680. The number of hydrogen-bond acceptors (Lipinski definition) is 3. The summed E-state index contributed by atoms with van der Waals surface area (Å²) in [5.74, 6) is 0.806. The second kappa shape index (κ2) is 7.36. The molecule has 0 radical (unpaired) electrons. The van der Waals surface area contributed by atoms with E-state index in [2.05, 4.69) is 25.9 Å². The molecule has 1 fully saturated rings. The number of carbonyl (C=O) groups is 1. The second-order valence-electron chi connectivity index (χ2n) is 6.00. The van der Waals surface area contributed by atoms with Gasteiger partial charge in [-0.2, -0.15) is 5.10 Å². The van der Waals surface area contributed by atoms with E-state index in [-0.39, 0.29) is 5.78 Å². The zero-order chi connectivity index (χ0) is 14.5. The molecule has 0 unspecified atom stereocenters. The molecule has 0 atom stereocenters. The van der Waals surface area contributed by atoms with Crippen molar-refractivity contribution < 1.29 is 4.79 Å². The van der Waals surface area contributed by atoms with Gasteiger partial charge < -0.3 is 4.90 Å². The average molecular weight is 342 g/mol. The quantitative estimate of drug-likeness (QED) is 0.744. The number of aromatic nitrogens is 2. The van der Waals surface area contributed by atoms with Gasteiger partial charge in [-0.1, -0.05) is 32.1 Å². The third-order valence-corrected chi connectivity index (χ3v) is 4.60. The Morgan fingerprint density at radius 3 is 2.75 bits per heavy atom.